The van der Waals surface area contributed by atoms with Crippen molar-refractivity contribution >= 4 is 11.8 Å². The number of piperidine rings is 1. The molecule has 7 heteroatoms. The number of amides is 2. The molecule has 0 spiro atoms. The second-order valence-electron chi connectivity index (χ2n) is 7.39. The van der Waals surface area contributed by atoms with Crippen molar-refractivity contribution in [1.82, 2.24) is 25.7 Å². The van der Waals surface area contributed by atoms with Crippen molar-refractivity contribution in [1.29, 1.82) is 0 Å². The Morgan fingerprint density at radius 2 is 1.91 bits per heavy atom. The van der Waals surface area contributed by atoms with E-state index in [-0.39, 0.29) is 6.03 Å². The average Bonchev–Trinajstić information content (AvgIpc) is 3.40. The number of nitrogens with one attached hydrogen (secondary N) is 3. The zero-order valence-corrected chi connectivity index (χ0v) is 13.3. The van der Waals surface area contributed by atoms with Crippen molar-refractivity contribution in [3.63, 3.8) is 0 Å². The molecule has 2 amide bonds. The summed E-state index contributed by atoms with van der Waals surface area (Å²) in [6, 6.07) is 2.71. The van der Waals surface area contributed by atoms with E-state index in [2.05, 4.69) is 31.8 Å². The number of rotatable bonds is 3. The van der Waals surface area contributed by atoms with Crippen molar-refractivity contribution in [3.8, 4) is 0 Å². The Kier molecular flexibility index (Phi) is 3.04. The first-order valence-corrected chi connectivity index (χ1v) is 8.86. The highest BCUT2D eigenvalue weighted by Gasteiger charge is 2.53. The third-order valence-corrected chi connectivity index (χ3v) is 5.87. The molecule has 2 aliphatic carbocycles. The van der Waals surface area contributed by atoms with E-state index >= 15 is 0 Å². The van der Waals surface area contributed by atoms with E-state index < -0.39 is 0 Å². The highest BCUT2D eigenvalue weighted by Crippen LogP contribution is 2.42. The number of fused-ring (bicyclic) bond motifs is 1. The third-order valence-electron chi connectivity index (χ3n) is 5.87. The minimum absolute atomic E-state index is 0.116. The molecule has 7 nitrogen and oxygen atoms in total. The molecular weight excluding hydrogens is 292 g/mol. The van der Waals surface area contributed by atoms with Crippen LogP contribution in [0.25, 0.3) is 0 Å². The number of piperazine rings is 1. The van der Waals surface area contributed by atoms with Crippen LogP contribution in [0.4, 0.5) is 10.6 Å². The first kappa shape index (κ1) is 13.7. The maximum Gasteiger partial charge on any atom is 0.317 e. The molecule has 23 heavy (non-hydrogen) atoms. The number of aromatic amines is 1. The number of hydrogen-bond acceptors (Lipinski definition) is 4. The van der Waals surface area contributed by atoms with Gasteiger partial charge in [0.25, 0.3) is 0 Å². The van der Waals surface area contributed by atoms with E-state index in [1.165, 1.54) is 18.5 Å². The molecule has 1 unspecified atom stereocenters. The van der Waals surface area contributed by atoms with Crippen molar-refractivity contribution in [2.24, 2.45) is 11.8 Å². The molecule has 1 aromatic heterocycles. The number of urea groups is 1. The fraction of sp³-hybridized carbons (Fsp3) is 0.750. The van der Waals surface area contributed by atoms with E-state index in [0.717, 1.165) is 45.1 Å². The van der Waals surface area contributed by atoms with Crippen LogP contribution in [-0.2, 0) is 0 Å². The molecule has 5 rings (SSSR count). The topological polar surface area (TPSA) is 76.3 Å². The van der Waals surface area contributed by atoms with E-state index in [1.54, 1.807) is 0 Å². The molecule has 0 bridgehead atoms. The molecule has 4 fully saturated rings. The summed E-state index contributed by atoms with van der Waals surface area (Å²) in [5, 5.41) is 14.2. The van der Waals surface area contributed by atoms with Gasteiger partial charge in [0.1, 0.15) is 0 Å². The number of nitrogens with zero attached hydrogens (tertiary/aromatic N) is 3. The first-order chi connectivity index (χ1) is 11.3. The Morgan fingerprint density at radius 3 is 2.61 bits per heavy atom. The standard InChI is InChI=1S/C16H24N6O/c23-16(18-15-11-8-17-9-12(11)15)22-5-3-21(4-6-22)14-7-13(19-20-14)10-1-2-10/h7,10-12,15,17H,1-6,8-9H2,(H,18,23)(H,19,20)/t11-,12+,15?. The van der Waals surface area contributed by atoms with Crippen LogP contribution >= 0.6 is 0 Å². The number of anilines is 1. The Hall–Kier alpha value is -1.76. The predicted octanol–water partition coefficient (Wildman–Crippen LogP) is 0.337. The smallest absolute Gasteiger partial charge is 0.317 e. The van der Waals surface area contributed by atoms with Gasteiger partial charge in [0, 0.05) is 63.0 Å². The largest absolute Gasteiger partial charge is 0.352 e. The van der Waals surface area contributed by atoms with Crippen molar-refractivity contribution < 1.29 is 4.79 Å². The van der Waals surface area contributed by atoms with Crippen LogP contribution < -0.4 is 15.5 Å². The Balaban J connectivity index is 1.13. The van der Waals surface area contributed by atoms with Crippen molar-refractivity contribution in [2.45, 2.75) is 24.8 Å². The maximum atomic E-state index is 12.4. The highest BCUT2D eigenvalue weighted by molar-refractivity contribution is 5.75. The van der Waals surface area contributed by atoms with Gasteiger partial charge < -0.3 is 20.4 Å². The van der Waals surface area contributed by atoms with Gasteiger partial charge in [-0.05, 0) is 24.7 Å². The molecule has 2 saturated heterocycles. The summed E-state index contributed by atoms with van der Waals surface area (Å²) in [6.45, 7) is 5.40. The molecule has 4 aliphatic rings. The first-order valence-electron chi connectivity index (χ1n) is 8.86. The third kappa shape index (κ3) is 2.47. The summed E-state index contributed by atoms with van der Waals surface area (Å²) in [6.07, 6.45) is 2.57. The number of hydrogen-bond donors (Lipinski definition) is 3. The summed E-state index contributed by atoms with van der Waals surface area (Å²) in [5.74, 6) is 3.08. The van der Waals surface area contributed by atoms with Gasteiger partial charge in [-0.2, -0.15) is 5.10 Å². The lowest BCUT2D eigenvalue weighted by molar-refractivity contribution is 0.192. The van der Waals surface area contributed by atoms with Crippen LogP contribution in [-0.4, -0.2) is 66.4 Å². The Bertz CT molecular complexity index is 593. The predicted molar refractivity (Wildman–Crippen MR) is 86.5 cm³/mol. The van der Waals surface area contributed by atoms with Gasteiger partial charge in [0.15, 0.2) is 5.82 Å². The molecule has 3 atom stereocenters. The van der Waals surface area contributed by atoms with E-state index in [0.29, 0.717) is 23.8 Å². The van der Waals surface area contributed by atoms with Crippen molar-refractivity contribution in [2.75, 3.05) is 44.2 Å². The summed E-state index contributed by atoms with van der Waals surface area (Å²) in [4.78, 5) is 16.6. The summed E-state index contributed by atoms with van der Waals surface area (Å²) in [7, 11) is 0. The second-order valence-corrected chi connectivity index (χ2v) is 7.39. The molecule has 124 valence electrons. The summed E-state index contributed by atoms with van der Waals surface area (Å²) >= 11 is 0. The number of carbonyl (C=O) groups excluding carboxylic acids is 1. The lowest BCUT2D eigenvalue weighted by atomic mass is 10.2. The molecule has 1 aromatic rings. The van der Waals surface area contributed by atoms with Gasteiger partial charge in [0.05, 0.1) is 0 Å². The number of H-pyrrole nitrogens is 1. The molecule has 2 aliphatic heterocycles. The molecule has 2 saturated carbocycles. The number of aromatic nitrogens is 2. The van der Waals surface area contributed by atoms with Crippen LogP contribution in [0.3, 0.4) is 0 Å². The van der Waals surface area contributed by atoms with Gasteiger partial charge >= 0.3 is 6.03 Å². The fourth-order valence-corrected chi connectivity index (χ4v) is 4.10. The van der Waals surface area contributed by atoms with Gasteiger partial charge in [-0.15, -0.1) is 0 Å². The Morgan fingerprint density at radius 1 is 1.17 bits per heavy atom. The van der Waals surface area contributed by atoms with Crippen LogP contribution in [0.15, 0.2) is 6.07 Å². The Labute approximate surface area is 135 Å². The lowest BCUT2D eigenvalue weighted by Crippen LogP contribution is -2.53. The maximum absolute atomic E-state index is 12.4. The van der Waals surface area contributed by atoms with Crippen LogP contribution in [0.5, 0.6) is 0 Å². The van der Waals surface area contributed by atoms with Crippen LogP contribution in [0.1, 0.15) is 24.5 Å². The summed E-state index contributed by atoms with van der Waals surface area (Å²) in [5.41, 5.74) is 1.27. The lowest BCUT2D eigenvalue weighted by Gasteiger charge is -2.34. The normalized spacial score (nSPS) is 32.8. The van der Waals surface area contributed by atoms with E-state index in [1.807, 2.05) is 4.90 Å². The fourth-order valence-electron chi connectivity index (χ4n) is 4.10. The molecule has 0 radical (unpaired) electrons. The minimum atomic E-state index is 0.116. The zero-order chi connectivity index (χ0) is 15.4. The molecule has 3 N–H and O–H groups in total. The zero-order valence-electron chi connectivity index (χ0n) is 13.3. The quantitative estimate of drug-likeness (QED) is 0.751. The molecule has 3 heterocycles. The van der Waals surface area contributed by atoms with E-state index in [9.17, 15) is 4.79 Å². The van der Waals surface area contributed by atoms with Gasteiger partial charge in [0.2, 0.25) is 0 Å². The molecule has 0 aromatic carbocycles. The second kappa shape index (κ2) is 5.12. The van der Waals surface area contributed by atoms with Crippen molar-refractivity contribution in [3.05, 3.63) is 11.8 Å². The van der Waals surface area contributed by atoms with Gasteiger partial charge in [-0.1, -0.05) is 0 Å². The van der Waals surface area contributed by atoms with Gasteiger partial charge in [-0.3, -0.25) is 5.10 Å². The van der Waals surface area contributed by atoms with Crippen LogP contribution in [0, 0.1) is 11.8 Å². The minimum Gasteiger partial charge on any atom is -0.352 e. The number of carbonyl (C=O) groups is 1. The van der Waals surface area contributed by atoms with Gasteiger partial charge in [-0.25, -0.2) is 4.79 Å². The van der Waals surface area contributed by atoms with Crippen LogP contribution in [0.2, 0.25) is 0 Å². The molecular formula is C16H24N6O. The highest BCUT2D eigenvalue weighted by atomic mass is 16.2. The average molecular weight is 316 g/mol. The SMILES string of the molecule is O=C(NC1[C@H]2CNC[C@@H]12)N1CCN(c2cc(C3CC3)[nH]n2)CC1. The van der Waals surface area contributed by atoms with E-state index in [4.69, 9.17) is 0 Å². The monoisotopic (exact) mass is 316 g/mol. The summed E-state index contributed by atoms with van der Waals surface area (Å²) < 4.78 is 0.